The fraction of sp³-hybridized carbons (Fsp3) is 0.927. The summed E-state index contributed by atoms with van der Waals surface area (Å²) in [4.78, 5) is 0. The van der Waals surface area contributed by atoms with E-state index in [9.17, 15) is 0 Å². The van der Waals surface area contributed by atoms with E-state index in [4.69, 9.17) is 0 Å². The van der Waals surface area contributed by atoms with Gasteiger partial charge in [0.05, 0.1) is 13.1 Å². The smallest absolute Gasteiger partial charge is 0.234 e. The van der Waals surface area contributed by atoms with E-state index < -0.39 is 0 Å². The van der Waals surface area contributed by atoms with Gasteiger partial charge in [-0.15, -0.1) is 0 Å². The van der Waals surface area contributed by atoms with E-state index in [1.807, 2.05) is 0 Å². The zero-order valence-electron chi connectivity index (χ0n) is 30.3. The SMILES string of the molecule is CCCCCCCCCCCCCCCCCCn1cc[n+](CCCCCCCC)c1CCCCCCCCCCCC. The number of nitrogens with zero attached hydrogens (tertiary/aromatic N) is 2. The maximum atomic E-state index is 2.63. The van der Waals surface area contributed by atoms with Gasteiger partial charge in [0, 0.05) is 6.42 Å². The molecule has 2 nitrogen and oxygen atoms in total. The molecular weight excluding hydrogens is 520 g/mol. The molecule has 0 bridgehead atoms. The monoisotopic (exact) mass is 602 g/mol. The minimum Gasteiger partial charge on any atom is -0.234 e. The molecular formula is C41H81N2+. The van der Waals surface area contributed by atoms with E-state index >= 15 is 0 Å². The average molecular weight is 602 g/mol. The van der Waals surface area contributed by atoms with Gasteiger partial charge in [-0.2, -0.15) is 0 Å². The van der Waals surface area contributed by atoms with Crippen molar-refractivity contribution in [3.05, 3.63) is 18.2 Å². The van der Waals surface area contributed by atoms with E-state index in [0.717, 1.165) is 0 Å². The molecule has 0 aliphatic heterocycles. The van der Waals surface area contributed by atoms with Crippen LogP contribution >= 0.6 is 0 Å². The van der Waals surface area contributed by atoms with Gasteiger partial charge >= 0.3 is 0 Å². The molecule has 43 heavy (non-hydrogen) atoms. The number of hydrogen-bond acceptors (Lipinski definition) is 0. The lowest BCUT2D eigenvalue weighted by molar-refractivity contribution is -0.704. The van der Waals surface area contributed by atoms with Gasteiger partial charge in [-0.05, 0) is 32.1 Å². The van der Waals surface area contributed by atoms with Crippen LogP contribution in [0.3, 0.4) is 0 Å². The number of unbranched alkanes of at least 4 members (excludes halogenated alkanes) is 29. The van der Waals surface area contributed by atoms with Gasteiger partial charge in [0.15, 0.2) is 0 Å². The first-order valence-electron chi connectivity index (χ1n) is 20.4. The maximum absolute atomic E-state index is 2.63. The summed E-state index contributed by atoms with van der Waals surface area (Å²) in [5, 5.41) is 0. The van der Waals surface area contributed by atoms with Crippen molar-refractivity contribution in [2.75, 3.05) is 0 Å². The summed E-state index contributed by atoms with van der Waals surface area (Å²) in [5.74, 6) is 1.62. The Balaban J connectivity index is 2.21. The Hall–Kier alpha value is -0.790. The van der Waals surface area contributed by atoms with Crippen molar-refractivity contribution in [2.24, 2.45) is 0 Å². The summed E-state index contributed by atoms with van der Waals surface area (Å²) in [5.41, 5.74) is 0. The highest BCUT2D eigenvalue weighted by atomic mass is 15.1. The molecule has 1 rings (SSSR count). The zero-order valence-corrected chi connectivity index (χ0v) is 30.3. The molecule has 0 N–H and O–H groups in total. The van der Waals surface area contributed by atoms with Crippen LogP contribution in [0, 0.1) is 0 Å². The lowest BCUT2D eigenvalue weighted by atomic mass is 10.0. The first kappa shape index (κ1) is 40.2. The summed E-state index contributed by atoms with van der Waals surface area (Å²) in [6.07, 6.45) is 51.9. The van der Waals surface area contributed by atoms with Crippen LogP contribution in [0.15, 0.2) is 12.4 Å². The van der Waals surface area contributed by atoms with Crippen molar-refractivity contribution in [3.63, 3.8) is 0 Å². The molecule has 0 spiro atoms. The van der Waals surface area contributed by atoms with Gasteiger partial charge in [-0.25, -0.2) is 9.13 Å². The molecule has 0 atom stereocenters. The molecule has 0 saturated carbocycles. The fourth-order valence-corrected chi connectivity index (χ4v) is 6.86. The molecule has 0 aliphatic rings. The Morgan fingerprint density at radius 2 is 0.721 bits per heavy atom. The minimum atomic E-state index is 1.23. The van der Waals surface area contributed by atoms with Crippen LogP contribution in [0.5, 0.6) is 0 Å². The van der Waals surface area contributed by atoms with Crippen molar-refractivity contribution < 1.29 is 4.57 Å². The quantitative estimate of drug-likeness (QED) is 0.0540. The molecule has 1 aromatic rings. The first-order chi connectivity index (χ1) is 21.3. The number of imidazole rings is 1. The average Bonchev–Trinajstić information content (AvgIpc) is 3.40. The fourth-order valence-electron chi connectivity index (χ4n) is 6.86. The van der Waals surface area contributed by atoms with Crippen molar-refractivity contribution in [3.8, 4) is 0 Å². The predicted molar refractivity (Wildman–Crippen MR) is 193 cm³/mol. The molecule has 0 unspecified atom stereocenters. The van der Waals surface area contributed by atoms with Gasteiger partial charge in [0.2, 0.25) is 0 Å². The summed E-state index contributed by atoms with van der Waals surface area (Å²) in [6, 6.07) is 0. The summed E-state index contributed by atoms with van der Waals surface area (Å²) < 4.78 is 5.26. The van der Waals surface area contributed by atoms with Gasteiger partial charge in [-0.1, -0.05) is 194 Å². The minimum absolute atomic E-state index is 1.23. The predicted octanol–water partition coefficient (Wildman–Crippen LogP) is 13.9. The van der Waals surface area contributed by atoms with Crippen molar-refractivity contribution in [1.29, 1.82) is 0 Å². The largest absolute Gasteiger partial charge is 0.256 e. The Bertz CT molecular complexity index is 663. The van der Waals surface area contributed by atoms with Gasteiger partial charge in [0.25, 0.3) is 5.82 Å². The molecule has 0 saturated heterocycles. The number of rotatable bonds is 35. The second kappa shape index (κ2) is 32.6. The highest BCUT2D eigenvalue weighted by Crippen LogP contribution is 2.16. The molecule has 0 aromatic carbocycles. The molecule has 254 valence electrons. The number of aromatic nitrogens is 2. The van der Waals surface area contributed by atoms with Crippen LogP contribution in [0.1, 0.15) is 232 Å². The zero-order chi connectivity index (χ0) is 30.9. The van der Waals surface area contributed by atoms with Crippen LogP contribution in [-0.2, 0) is 19.5 Å². The normalized spacial score (nSPS) is 11.6. The Kier molecular flexibility index (Phi) is 30.5. The van der Waals surface area contributed by atoms with E-state index in [1.54, 1.807) is 5.82 Å². The summed E-state index contributed by atoms with van der Waals surface area (Å²) in [7, 11) is 0. The number of aryl methyl sites for hydroxylation is 2. The Labute approximate surface area is 272 Å². The van der Waals surface area contributed by atoms with Gasteiger partial charge in [-0.3, -0.25) is 0 Å². The lowest BCUT2D eigenvalue weighted by Gasteiger charge is -2.07. The summed E-state index contributed by atoms with van der Waals surface area (Å²) >= 11 is 0. The highest BCUT2D eigenvalue weighted by Gasteiger charge is 2.16. The summed E-state index contributed by atoms with van der Waals surface area (Å²) in [6.45, 7) is 9.40. The number of hydrogen-bond donors (Lipinski definition) is 0. The second-order valence-corrected chi connectivity index (χ2v) is 14.1. The maximum Gasteiger partial charge on any atom is 0.256 e. The van der Waals surface area contributed by atoms with E-state index in [-0.39, 0.29) is 0 Å². The Morgan fingerprint density at radius 1 is 0.395 bits per heavy atom. The molecule has 0 radical (unpaired) electrons. The second-order valence-electron chi connectivity index (χ2n) is 14.1. The third-order valence-corrected chi connectivity index (χ3v) is 9.85. The molecule has 1 heterocycles. The van der Waals surface area contributed by atoms with E-state index in [0.29, 0.717) is 0 Å². The first-order valence-corrected chi connectivity index (χ1v) is 20.4. The highest BCUT2D eigenvalue weighted by molar-refractivity contribution is 4.84. The van der Waals surface area contributed by atoms with Crippen LogP contribution in [-0.4, -0.2) is 4.57 Å². The van der Waals surface area contributed by atoms with E-state index in [1.165, 1.54) is 225 Å². The van der Waals surface area contributed by atoms with Crippen LogP contribution in [0.25, 0.3) is 0 Å². The van der Waals surface area contributed by atoms with Gasteiger partial charge in [0.1, 0.15) is 12.4 Å². The van der Waals surface area contributed by atoms with Crippen molar-refractivity contribution >= 4 is 0 Å². The van der Waals surface area contributed by atoms with Crippen LogP contribution < -0.4 is 4.57 Å². The Morgan fingerprint density at radius 3 is 1.12 bits per heavy atom. The molecule has 0 amide bonds. The lowest BCUT2D eigenvalue weighted by Crippen LogP contribution is -2.37. The third-order valence-electron chi connectivity index (χ3n) is 9.85. The standard InChI is InChI=1S/C41H81N2/c1-4-7-10-13-16-18-20-21-22-23-24-25-27-29-32-35-38-43-40-39-42(37-34-31-15-12-9-6-3)41(43)36-33-30-28-26-19-17-14-11-8-5-2/h39-40H,4-38H2,1-3H3/q+1. The molecule has 0 fully saturated rings. The van der Waals surface area contributed by atoms with E-state index in [2.05, 4.69) is 42.3 Å². The van der Waals surface area contributed by atoms with Crippen molar-refractivity contribution in [2.45, 2.75) is 246 Å². The van der Waals surface area contributed by atoms with Crippen LogP contribution in [0.2, 0.25) is 0 Å². The van der Waals surface area contributed by atoms with Crippen LogP contribution in [0.4, 0.5) is 0 Å². The molecule has 0 aliphatic carbocycles. The topological polar surface area (TPSA) is 8.81 Å². The van der Waals surface area contributed by atoms with Gasteiger partial charge < -0.3 is 0 Å². The third kappa shape index (κ3) is 25.1. The molecule has 2 heteroatoms. The van der Waals surface area contributed by atoms with Crippen molar-refractivity contribution in [1.82, 2.24) is 4.57 Å². The molecule has 1 aromatic heterocycles.